The van der Waals surface area contributed by atoms with Crippen molar-refractivity contribution in [2.45, 2.75) is 33.0 Å². The Morgan fingerprint density at radius 2 is 1.98 bits per heavy atom. The van der Waals surface area contributed by atoms with Crippen molar-refractivity contribution in [2.75, 3.05) is 20.3 Å². The van der Waals surface area contributed by atoms with Crippen LogP contribution in [-0.4, -0.2) is 54.8 Å². The number of esters is 1. The van der Waals surface area contributed by atoms with E-state index in [2.05, 4.69) is 21.2 Å². The number of benzene rings is 2. The van der Waals surface area contributed by atoms with Crippen molar-refractivity contribution in [1.82, 2.24) is 16.1 Å². The zero-order chi connectivity index (χ0) is 31.1. The maximum absolute atomic E-state index is 12.4. The molecule has 0 radical (unpaired) electrons. The standard InChI is InChI=1S/C29H31N5O9/c1-5-41-24-13-18(27-26(28(36)40-4)17(3)31-29(37)32-27)6-10-23(24)42-15-25(35)33-30-14-20-8-11-22(43-20)21-9-7-19(34(38)39)12-16(21)2/h6-14,25,27,33,35H,5,15H2,1-4H3,(H2,31,32,37)/b30-14+/t25-,27-/m0/s1. The smallest absolute Gasteiger partial charge is 0.337 e. The molecule has 1 aromatic heterocycles. The number of aliphatic hydroxyl groups excluding tert-OH is 1. The average Bonchev–Trinajstić information content (AvgIpc) is 3.44. The van der Waals surface area contributed by atoms with Crippen molar-refractivity contribution < 1.29 is 38.2 Å². The Bertz CT molecular complexity index is 1580. The molecule has 2 aromatic carbocycles. The summed E-state index contributed by atoms with van der Waals surface area (Å²) in [5.41, 5.74) is 5.13. The molecule has 0 unspecified atom stereocenters. The molecular weight excluding hydrogens is 562 g/mol. The van der Waals surface area contributed by atoms with Crippen LogP contribution in [0.5, 0.6) is 11.5 Å². The Hall–Kier alpha value is -5.37. The van der Waals surface area contributed by atoms with Gasteiger partial charge in [0.2, 0.25) is 0 Å². The number of methoxy groups -OCH3 is 1. The Labute approximate surface area is 246 Å². The fraction of sp³-hybridized carbons (Fsp3) is 0.276. The van der Waals surface area contributed by atoms with Crippen molar-refractivity contribution >= 4 is 23.9 Å². The molecule has 0 spiro atoms. The fourth-order valence-electron chi connectivity index (χ4n) is 4.41. The summed E-state index contributed by atoms with van der Waals surface area (Å²) in [6.45, 7) is 5.27. The molecule has 0 fully saturated rings. The van der Waals surface area contributed by atoms with Crippen LogP contribution in [0.15, 0.2) is 69.3 Å². The first-order valence-electron chi connectivity index (χ1n) is 13.2. The van der Waals surface area contributed by atoms with Crippen LogP contribution < -0.4 is 25.5 Å². The van der Waals surface area contributed by atoms with E-state index < -0.39 is 29.2 Å². The lowest BCUT2D eigenvalue weighted by Gasteiger charge is -2.28. The van der Waals surface area contributed by atoms with Crippen LogP contribution in [0.1, 0.15) is 36.8 Å². The number of carbonyl (C=O) groups is 2. The van der Waals surface area contributed by atoms with Gasteiger partial charge in [-0.2, -0.15) is 5.10 Å². The molecule has 0 saturated carbocycles. The Kier molecular flexibility index (Phi) is 9.62. The topological polar surface area (TPSA) is 187 Å². The van der Waals surface area contributed by atoms with Crippen LogP contribution in [0.25, 0.3) is 11.3 Å². The molecule has 14 nitrogen and oxygen atoms in total. The number of hydrogen-bond acceptors (Lipinski definition) is 11. The van der Waals surface area contributed by atoms with Gasteiger partial charge < -0.3 is 34.4 Å². The number of nitro benzene ring substituents is 1. The lowest BCUT2D eigenvalue weighted by molar-refractivity contribution is -0.384. The number of aliphatic hydroxyl groups is 1. The van der Waals surface area contributed by atoms with E-state index in [1.165, 1.54) is 25.5 Å². The van der Waals surface area contributed by atoms with Crippen molar-refractivity contribution in [3.63, 3.8) is 0 Å². The van der Waals surface area contributed by atoms with Gasteiger partial charge in [-0.05, 0) is 62.2 Å². The van der Waals surface area contributed by atoms with Crippen LogP contribution in [0, 0.1) is 17.0 Å². The number of ether oxygens (including phenoxy) is 3. The van der Waals surface area contributed by atoms with Crippen LogP contribution >= 0.6 is 0 Å². The molecular formula is C29H31N5O9. The van der Waals surface area contributed by atoms with Crippen LogP contribution in [0.2, 0.25) is 0 Å². The van der Waals surface area contributed by atoms with Gasteiger partial charge in [0.05, 0.1) is 36.5 Å². The summed E-state index contributed by atoms with van der Waals surface area (Å²) in [4.78, 5) is 35.1. The second-order valence-electron chi connectivity index (χ2n) is 9.37. The average molecular weight is 594 g/mol. The second kappa shape index (κ2) is 13.5. The number of nitro groups is 1. The minimum absolute atomic E-state index is 0.00507. The van der Waals surface area contributed by atoms with Gasteiger partial charge in [-0.25, -0.2) is 9.59 Å². The summed E-state index contributed by atoms with van der Waals surface area (Å²) in [5, 5.41) is 30.6. The van der Waals surface area contributed by atoms with Crippen LogP contribution in [-0.2, 0) is 9.53 Å². The van der Waals surface area contributed by atoms with E-state index in [9.17, 15) is 24.8 Å². The molecule has 4 N–H and O–H groups in total. The lowest BCUT2D eigenvalue weighted by Crippen LogP contribution is -2.45. The molecule has 1 aliphatic heterocycles. The van der Waals surface area contributed by atoms with Gasteiger partial charge in [0.15, 0.2) is 17.7 Å². The predicted molar refractivity (Wildman–Crippen MR) is 155 cm³/mol. The highest BCUT2D eigenvalue weighted by atomic mass is 16.6. The summed E-state index contributed by atoms with van der Waals surface area (Å²) in [7, 11) is 1.26. The van der Waals surface area contributed by atoms with Crippen molar-refractivity contribution in [3.05, 3.63) is 86.8 Å². The first kappa shape index (κ1) is 30.6. The molecule has 2 atom stereocenters. The van der Waals surface area contributed by atoms with E-state index in [4.69, 9.17) is 18.6 Å². The van der Waals surface area contributed by atoms with E-state index in [1.807, 2.05) is 0 Å². The summed E-state index contributed by atoms with van der Waals surface area (Å²) in [5.74, 6) is 0.983. The highest BCUT2D eigenvalue weighted by molar-refractivity contribution is 5.95. The van der Waals surface area contributed by atoms with Crippen LogP contribution in [0.4, 0.5) is 10.5 Å². The Morgan fingerprint density at radius 1 is 1.19 bits per heavy atom. The highest BCUT2D eigenvalue weighted by Gasteiger charge is 2.32. The third-order valence-electron chi connectivity index (χ3n) is 6.40. The van der Waals surface area contributed by atoms with Gasteiger partial charge in [0, 0.05) is 23.4 Å². The number of non-ortho nitro benzene ring substituents is 1. The molecule has 43 heavy (non-hydrogen) atoms. The quantitative estimate of drug-likeness (QED) is 0.0793. The number of nitrogens with zero attached hydrogens (tertiary/aromatic N) is 2. The predicted octanol–water partition coefficient (Wildman–Crippen LogP) is 3.68. The molecule has 226 valence electrons. The molecule has 3 aromatic rings. The molecule has 0 aliphatic carbocycles. The number of rotatable bonds is 12. The zero-order valence-electron chi connectivity index (χ0n) is 23.9. The second-order valence-corrected chi connectivity index (χ2v) is 9.37. The normalized spacial score (nSPS) is 15.5. The monoisotopic (exact) mass is 593 g/mol. The number of carbonyl (C=O) groups excluding carboxylic acids is 2. The van der Waals surface area contributed by atoms with Gasteiger partial charge >= 0.3 is 12.0 Å². The Morgan fingerprint density at radius 3 is 2.67 bits per heavy atom. The van der Waals surface area contributed by atoms with E-state index in [0.29, 0.717) is 52.0 Å². The van der Waals surface area contributed by atoms with Crippen molar-refractivity contribution in [2.24, 2.45) is 5.10 Å². The SMILES string of the molecule is CCOc1cc([C@@H]2NC(=O)NC(C)=C2C(=O)OC)ccc1OC[C@H](O)N/N=C/c1ccc(-c2ccc([N+](=O)[O-])cc2C)o1. The third-order valence-corrected chi connectivity index (χ3v) is 6.40. The van der Waals surface area contributed by atoms with Crippen molar-refractivity contribution in [1.29, 1.82) is 0 Å². The maximum Gasteiger partial charge on any atom is 0.337 e. The minimum atomic E-state index is -1.20. The number of urea groups is 1. The highest BCUT2D eigenvalue weighted by Crippen LogP contribution is 2.35. The summed E-state index contributed by atoms with van der Waals surface area (Å²) in [6, 6.07) is 11.6. The van der Waals surface area contributed by atoms with Gasteiger partial charge in [0.1, 0.15) is 18.1 Å². The molecule has 0 bridgehead atoms. The lowest BCUT2D eigenvalue weighted by atomic mass is 9.95. The minimum Gasteiger partial charge on any atom is -0.490 e. The number of amides is 2. The zero-order valence-corrected chi connectivity index (χ0v) is 23.9. The van der Waals surface area contributed by atoms with Gasteiger partial charge in [-0.15, -0.1) is 0 Å². The van der Waals surface area contributed by atoms with E-state index in [-0.39, 0.29) is 17.9 Å². The number of allylic oxidation sites excluding steroid dienone is 1. The summed E-state index contributed by atoms with van der Waals surface area (Å²) < 4.78 is 22.1. The number of nitrogens with one attached hydrogen (secondary N) is 3. The molecule has 1 aliphatic rings. The number of aryl methyl sites for hydroxylation is 1. The maximum atomic E-state index is 12.4. The van der Waals surface area contributed by atoms with Crippen molar-refractivity contribution in [3.8, 4) is 22.8 Å². The fourth-order valence-corrected chi connectivity index (χ4v) is 4.41. The first-order valence-corrected chi connectivity index (χ1v) is 13.2. The third kappa shape index (κ3) is 7.29. The molecule has 4 rings (SSSR count). The number of hydrazone groups is 1. The summed E-state index contributed by atoms with van der Waals surface area (Å²) in [6.07, 6.45) is 0.173. The summed E-state index contributed by atoms with van der Waals surface area (Å²) >= 11 is 0. The molecule has 2 heterocycles. The largest absolute Gasteiger partial charge is 0.490 e. The van der Waals surface area contributed by atoms with E-state index >= 15 is 0 Å². The molecule has 14 heteroatoms. The van der Waals surface area contributed by atoms with E-state index in [0.717, 1.165) is 0 Å². The van der Waals surface area contributed by atoms with E-state index in [1.54, 1.807) is 57.2 Å². The van der Waals surface area contributed by atoms with Gasteiger partial charge in [-0.3, -0.25) is 15.5 Å². The molecule has 2 amide bonds. The number of furan rings is 1. The number of hydrogen-bond donors (Lipinski definition) is 4. The van der Waals surface area contributed by atoms with Gasteiger partial charge in [0.25, 0.3) is 5.69 Å². The van der Waals surface area contributed by atoms with Crippen LogP contribution in [0.3, 0.4) is 0 Å². The first-order chi connectivity index (χ1) is 20.6. The Balaban J connectivity index is 1.39. The molecule has 0 saturated heterocycles. The van der Waals surface area contributed by atoms with Gasteiger partial charge in [-0.1, -0.05) is 6.07 Å².